The highest BCUT2D eigenvalue weighted by molar-refractivity contribution is 7.15. The van der Waals surface area contributed by atoms with Crippen molar-refractivity contribution in [1.82, 2.24) is 0 Å². The lowest BCUT2D eigenvalue weighted by Gasteiger charge is -2.25. The first-order chi connectivity index (χ1) is 7.03. The van der Waals surface area contributed by atoms with E-state index in [0.29, 0.717) is 0 Å². The number of hydrogen-bond acceptors (Lipinski definition) is 3. The molecule has 0 bridgehead atoms. The summed E-state index contributed by atoms with van der Waals surface area (Å²) < 4.78 is 0. The molecule has 1 aromatic heterocycles. The highest BCUT2D eigenvalue weighted by atomic mass is 32.1. The maximum atomic E-state index is 10.8. The Kier molecular flexibility index (Phi) is 3.16. The average Bonchev–Trinajstić information content (AvgIpc) is 2.44. The quantitative estimate of drug-likeness (QED) is 0.545. The Labute approximate surface area is 101 Å². The SMILES string of the molecule is CC(C)(C)c1cc([N+](=O)[O-])sc1C(C)(C)C. The third-order valence-electron chi connectivity index (χ3n) is 2.39. The number of rotatable bonds is 1. The fourth-order valence-corrected chi connectivity index (χ4v) is 2.82. The smallest absolute Gasteiger partial charge is 0.258 e. The molecule has 0 N–H and O–H groups in total. The molecule has 0 spiro atoms. The van der Waals surface area contributed by atoms with E-state index in [-0.39, 0.29) is 20.8 Å². The number of nitrogens with zero attached hydrogens (tertiary/aromatic N) is 1. The van der Waals surface area contributed by atoms with E-state index < -0.39 is 0 Å². The van der Waals surface area contributed by atoms with Gasteiger partial charge in [0.15, 0.2) is 0 Å². The fourth-order valence-electron chi connectivity index (χ4n) is 1.58. The summed E-state index contributed by atoms with van der Waals surface area (Å²) in [4.78, 5) is 11.7. The zero-order valence-corrected chi connectivity index (χ0v) is 11.6. The van der Waals surface area contributed by atoms with E-state index in [2.05, 4.69) is 41.5 Å². The van der Waals surface area contributed by atoms with E-state index in [1.165, 1.54) is 11.3 Å². The van der Waals surface area contributed by atoms with E-state index in [4.69, 9.17) is 0 Å². The van der Waals surface area contributed by atoms with Crippen molar-refractivity contribution in [3.05, 3.63) is 26.6 Å². The minimum absolute atomic E-state index is 0.0401. The molecule has 0 fully saturated rings. The van der Waals surface area contributed by atoms with Crippen LogP contribution in [-0.4, -0.2) is 4.92 Å². The summed E-state index contributed by atoms with van der Waals surface area (Å²) in [6, 6.07) is 1.73. The zero-order chi connectivity index (χ0) is 12.7. The van der Waals surface area contributed by atoms with Crippen LogP contribution in [0.15, 0.2) is 6.07 Å². The Bertz CT molecular complexity index is 376. The molecule has 90 valence electrons. The second-order valence-corrected chi connectivity index (χ2v) is 7.12. The van der Waals surface area contributed by atoms with Crippen LogP contribution in [0, 0.1) is 10.1 Å². The summed E-state index contributed by atoms with van der Waals surface area (Å²) in [7, 11) is 0. The van der Waals surface area contributed by atoms with Gasteiger partial charge >= 0.3 is 5.00 Å². The van der Waals surface area contributed by atoms with Crippen molar-refractivity contribution in [2.75, 3.05) is 0 Å². The van der Waals surface area contributed by atoms with E-state index in [9.17, 15) is 10.1 Å². The van der Waals surface area contributed by atoms with Crippen molar-refractivity contribution in [2.45, 2.75) is 52.4 Å². The van der Waals surface area contributed by atoms with Gasteiger partial charge in [-0.3, -0.25) is 10.1 Å². The van der Waals surface area contributed by atoms with Crippen molar-refractivity contribution < 1.29 is 4.92 Å². The van der Waals surface area contributed by atoms with Gasteiger partial charge in [-0.1, -0.05) is 52.9 Å². The monoisotopic (exact) mass is 241 g/mol. The first-order valence-corrected chi connectivity index (χ1v) is 6.14. The van der Waals surface area contributed by atoms with Crippen molar-refractivity contribution >= 4 is 16.3 Å². The summed E-state index contributed by atoms with van der Waals surface area (Å²) in [6.45, 7) is 12.6. The molecule has 0 aliphatic rings. The first-order valence-electron chi connectivity index (χ1n) is 5.32. The van der Waals surface area contributed by atoms with Crippen molar-refractivity contribution in [3.63, 3.8) is 0 Å². The predicted octanol–water partition coefficient (Wildman–Crippen LogP) is 4.25. The van der Waals surface area contributed by atoms with Crippen LogP contribution >= 0.6 is 11.3 Å². The van der Waals surface area contributed by atoms with Gasteiger partial charge in [-0.05, 0) is 16.4 Å². The van der Waals surface area contributed by atoms with Crippen LogP contribution in [0.3, 0.4) is 0 Å². The fraction of sp³-hybridized carbons (Fsp3) is 0.667. The highest BCUT2D eigenvalue weighted by Crippen LogP contribution is 2.42. The second kappa shape index (κ2) is 3.84. The lowest BCUT2D eigenvalue weighted by Crippen LogP contribution is -2.19. The molecule has 4 heteroatoms. The molecular formula is C12H19NO2S. The average molecular weight is 241 g/mol. The molecule has 0 aliphatic carbocycles. The molecule has 0 radical (unpaired) electrons. The minimum atomic E-state index is -0.296. The number of hydrogen-bond donors (Lipinski definition) is 0. The molecule has 1 heterocycles. The van der Waals surface area contributed by atoms with Gasteiger partial charge in [0.1, 0.15) is 0 Å². The van der Waals surface area contributed by atoms with Gasteiger partial charge < -0.3 is 0 Å². The summed E-state index contributed by atoms with van der Waals surface area (Å²) in [5.41, 5.74) is 1.01. The van der Waals surface area contributed by atoms with Crippen LogP contribution in [-0.2, 0) is 10.8 Å². The summed E-state index contributed by atoms with van der Waals surface area (Å²) >= 11 is 1.30. The molecule has 1 aromatic rings. The Balaban J connectivity index is 3.41. The van der Waals surface area contributed by atoms with Crippen LogP contribution in [0.4, 0.5) is 5.00 Å². The van der Waals surface area contributed by atoms with E-state index >= 15 is 0 Å². The molecule has 0 aliphatic heterocycles. The standard InChI is InChI=1S/C12H19NO2S/c1-11(2,3)8-7-9(13(14)15)16-10(8)12(4,5)6/h7H,1-6H3. The first kappa shape index (κ1) is 13.2. The Morgan fingerprint density at radius 3 is 1.88 bits per heavy atom. The minimum Gasteiger partial charge on any atom is -0.258 e. The Morgan fingerprint density at radius 1 is 1.12 bits per heavy atom. The molecule has 0 aromatic carbocycles. The normalized spacial score (nSPS) is 12.9. The molecule has 0 saturated carbocycles. The van der Waals surface area contributed by atoms with Crippen LogP contribution < -0.4 is 0 Å². The van der Waals surface area contributed by atoms with Gasteiger partial charge in [0, 0.05) is 10.9 Å². The molecule has 0 amide bonds. The lowest BCUT2D eigenvalue weighted by molar-refractivity contribution is -0.380. The number of nitro groups is 1. The van der Waals surface area contributed by atoms with Crippen molar-refractivity contribution in [1.29, 1.82) is 0 Å². The zero-order valence-electron chi connectivity index (χ0n) is 10.7. The molecule has 16 heavy (non-hydrogen) atoms. The third kappa shape index (κ3) is 2.61. The van der Waals surface area contributed by atoms with Crippen LogP contribution in [0.25, 0.3) is 0 Å². The summed E-state index contributed by atoms with van der Waals surface area (Å²) in [5, 5.41) is 11.1. The van der Waals surface area contributed by atoms with Gasteiger partial charge in [0.05, 0.1) is 4.92 Å². The van der Waals surface area contributed by atoms with Gasteiger partial charge in [-0.15, -0.1) is 0 Å². The van der Waals surface area contributed by atoms with Crippen LogP contribution in [0.5, 0.6) is 0 Å². The molecule has 0 saturated heterocycles. The van der Waals surface area contributed by atoms with E-state index in [1.54, 1.807) is 6.07 Å². The maximum Gasteiger partial charge on any atom is 0.324 e. The lowest BCUT2D eigenvalue weighted by atomic mass is 9.81. The highest BCUT2D eigenvalue weighted by Gasteiger charge is 2.30. The van der Waals surface area contributed by atoms with Crippen molar-refractivity contribution in [3.8, 4) is 0 Å². The summed E-state index contributed by atoms with van der Waals surface area (Å²) in [5.74, 6) is 0. The van der Waals surface area contributed by atoms with E-state index in [0.717, 1.165) is 10.4 Å². The van der Waals surface area contributed by atoms with Crippen LogP contribution in [0.2, 0.25) is 0 Å². The van der Waals surface area contributed by atoms with Gasteiger partial charge in [-0.25, -0.2) is 0 Å². The van der Waals surface area contributed by atoms with E-state index in [1.807, 2.05) is 0 Å². The topological polar surface area (TPSA) is 43.1 Å². The number of thiophene rings is 1. The predicted molar refractivity (Wildman–Crippen MR) is 68.4 cm³/mol. The van der Waals surface area contributed by atoms with Gasteiger partial charge in [0.2, 0.25) is 0 Å². The van der Waals surface area contributed by atoms with Crippen LogP contribution in [0.1, 0.15) is 52.0 Å². The molecular weight excluding hydrogens is 222 g/mol. The molecule has 0 unspecified atom stereocenters. The maximum absolute atomic E-state index is 10.8. The Hall–Kier alpha value is -0.900. The molecule has 1 rings (SSSR count). The second-order valence-electron chi connectivity index (χ2n) is 6.08. The Morgan fingerprint density at radius 2 is 1.62 bits per heavy atom. The molecule has 0 atom stereocenters. The summed E-state index contributed by atoms with van der Waals surface area (Å²) in [6.07, 6.45) is 0. The third-order valence-corrected chi connectivity index (χ3v) is 3.90. The van der Waals surface area contributed by atoms with Gasteiger partial charge in [-0.2, -0.15) is 0 Å². The largest absolute Gasteiger partial charge is 0.324 e. The molecule has 3 nitrogen and oxygen atoms in total. The van der Waals surface area contributed by atoms with Crippen molar-refractivity contribution in [2.24, 2.45) is 0 Å². The van der Waals surface area contributed by atoms with Gasteiger partial charge in [0.25, 0.3) is 0 Å².